The number of fused-ring (bicyclic) bond motifs is 1. The Kier molecular flexibility index (Phi) is 3.75. The molecule has 1 atom stereocenters. The van der Waals surface area contributed by atoms with Gasteiger partial charge in [0.2, 0.25) is 0 Å². The molecule has 108 valence electrons. The van der Waals surface area contributed by atoms with Crippen molar-refractivity contribution in [3.05, 3.63) is 28.8 Å². The van der Waals surface area contributed by atoms with E-state index in [9.17, 15) is 18.0 Å². The number of hydrogen-bond donors (Lipinski definition) is 0. The fourth-order valence-electron chi connectivity index (χ4n) is 2.01. The molecule has 0 saturated carbocycles. The summed E-state index contributed by atoms with van der Waals surface area (Å²) in [5.74, 6) is -2.95. The van der Waals surface area contributed by atoms with Crippen molar-refractivity contribution in [1.29, 1.82) is 0 Å². The maximum Gasteiger partial charge on any atom is 0.323 e. The number of sulfonamides is 1. The maximum atomic E-state index is 12.2. The number of likely N-dealkylation sites (N-methyl/N-ethyl adjacent to an activating group) is 1. The summed E-state index contributed by atoms with van der Waals surface area (Å²) in [6.07, 6.45) is 0. The SMILES string of the molecule is CCOC(=O)C1C(=O)N(C)S(=O)(=O)c2ccc(Cl)cc21. The van der Waals surface area contributed by atoms with Crippen molar-refractivity contribution >= 4 is 33.5 Å². The van der Waals surface area contributed by atoms with Crippen LogP contribution in [0.4, 0.5) is 0 Å². The molecule has 0 N–H and O–H groups in total. The molecule has 1 aliphatic heterocycles. The number of carbonyl (C=O) groups is 2. The summed E-state index contributed by atoms with van der Waals surface area (Å²) in [6.45, 7) is 1.69. The molecule has 1 aliphatic rings. The molecule has 0 bridgehead atoms. The molecule has 1 aromatic rings. The lowest BCUT2D eigenvalue weighted by Crippen LogP contribution is -2.44. The van der Waals surface area contributed by atoms with Crippen LogP contribution in [0.1, 0.15) is 18.4 Å². The Hall–Kier alpha value is -1.60. The first-order valence-corrected chi connectivity index (χ1v) is 7.61. The van der Waals surface area contributed by atoms with Crippen molar-refractivity contribution in [2.24, 2.45) is 0 Å². The minimum absolute atomic E-state index is 0.0547. The predicted octanol–water partition coefficient (Wildman–Crippen LogP) is 1.15. The molecule has 0 saturated heterocycles. The predicted molar refractivity (Wildman–Crippen MR) is 70.8 cm³/mol. The summed E-state index contributed by atoms with van der Waals surface area (Å²) in [4.78, 5) is 24.0. The molecule has 0 radical (unpaired) electrons. The highest BCUT2D eigenvalue weighted by Crippen LogP contribution is 2.36. The first-order valence-electron chi connectivity index (χ1n) is 5.79. The van der Waals surface area contributed by atoms with Crippen LogP contribution < -0.4 is 0 Å². The highest BCUT2D eigenvalue weighted by Gasteiger charge is 2.45. The summed E-state index contributed by atoms with van der Waals surface area (Å²) >= 11 is 5.83. The van der Waals surface area contributed by atoms with E-state index in [1.54, 1.807) is 6.92 Å². The molecule has 0 fully saturated rings. The van der Waals surface area contributed by atoms with E-state index in [1.165, 1.54) is 18.2 Å². The second kappa shape index (κ2) is 5.06. The Morgan fingerprint density at radius 2 is 2.10 bits per heavy atom. The van der Waals surface area contributed by atoms with Gasteiger partial charge in [-0.25, -0.2) is 12.7 Å². The molecular formula is C12H12ClNO5S. The average Bonchev–Trinajstić information content (AvgIpc) is 2.36. The molecular weight excluding hydrogens is 306 g/mol. The van der Waals surface area contributed by atoms with Crippen LogP contribution in [-0.2, 0) is 24.3 Å². The number of hydrogen-bond acceptors (Lipinski definition) is 5. The number of esters is 1. The number of rotatable bonds is 2. The van der Waals surface area contributed by atoms with E-state index in [4.69, 9.17) is 16.3 Å². The standard InChI is InChI=1S/C12H12ClNO5S/c1-3-19-12(16)10-8-6-7(13)4-5-9(8)20(17,18)14(2)11(10)15/h4-6,10H,3H2,1-2H3. The van der Waals surface area contributed by atoms with E-state index < -0.39 is 27.8 Å². The zero-order valence-corrected chi connectivity index (χ0v) is 12.4. The van der Waals surface area contributed by atoms with Crippen molar-refractivity contribution in [3.8, 4) is 0 Å². The number of amides is 1. The molecule has 0 aromatic heterocycles. The average molecular weight is 318 g/mol. The summed E-state index contributed by atoms with van der Waals surface area (Å²) < 4.78 is 29.7. The highest BCUT2D eigenvalue weighted by molar-refractivity contribution is 7.89. The van der Waals surface area contributed by atoms with Gasteiger partial charge in [-0.15, -0.1) is 0 Å². The van der Waals surface area contributed by atoms with Gasteiger partial charge in [0, 0.05) is 12.1 Å². The lowest BCUT2D eigenvalue weighted by atomic mass is 9.98. The van der Waals surface area contributed by atoms with Gasteiger partial charge in [-0.2, -0.15) is 0 Å². The number of nitrogens with zero attached hydrogens (tertiary/aromatic N) is 1. The first kappa shape index (κ1) is 14.8. The Morgan fingerprint density at radius 3 is 2.70 bits per heavy atom. The van der Waals surface area contributed by atoms with Crippen molar-refractivity contribution in [3.63, 3.8) is 0 Å². The van der Waals surface area contributed by atoms with Gasteiger partial charge in [0.15, 0.2) is 5.92 Å². The third-order valence-electron chi connectivity index (χ3n) is 3.00. The maximum absolute atomic E-state index is 12.2. The monoisotopic (exact) mass is 317 g/mol. The van der Waals surface area contributed by atoms with E-state index >= 15 is 0 Å². The molecule has 0 spiro atoms. The second-order valence-electron chi connectivity index (χ2n) is 4.18. The number of carbonyl (C=O) groups excluding carboxylic acids is 2. The van der Waals surface area contributed by atoms with Gasteiger partial charge in [-0.3, -0.25) is 9.59 Å². The van der Waals surface area contributed by atoms with E-state index in [-0.39, 0.29) is 22.1 Å². The minimum atomic E-state index is -3.95. The van der Waals surface area contributed by atoms with Gasteiger partial charge in [-0.05, 0) is 30.7 Å². The van der Waals surface area contributed by atoms with Crippen LogP contribution in [0.3, 0.4) is 0 Å². The van der Waals surface area contributed by atoms with Crippen molar-refractivity contribution in [1.82, 2.24) is 4.31 Å². The molecule has 6 nitrogen and oxygen atoms in total. The van der Waals surface area contributed by atoms with Gasteiger partial charge in [0.1, 0.15) is 0 Å². The van der Waals surface area contributed by atoms with Crippen molar-refractivity contribution in [2.45, 2.75) is 17.7 Å². The normalized spacial score (nSPS) is 20.4. The van der Waals surface area contributed by atoms with Crippen LogP contribution in [0.5, 0.6) is 0 Å². The third-order valence-corrected chi connectivity index (χ3v) is 5.06. The summed E-state index contributed by atoms with van der Waals surface area (Å²) in [7, 11) is -2.84. The van der Waals surface area contributed by atoms with Gasteiger partial charge in [0.05, 0.1) is 11.5 Å². The zero-order valence-electron chi connectivity index (χ0n) is 10.8. The summed E-state index contributed by atoms with van der Waals surface area (Å²) in [5.41, 5.74) is 0.0547. The zero-order chi connectivity index (χ0) is 15.1. The third kappa shape index (κ3) is 2.16. The Bertz CT molecular complexity index is 685. The molecule has 2 rings (SSSR count). The van der Waals surface area contributed by atoms with Crippen molar-refractivity contribution < 1.29 is 22.7 Å². The van der Waals surface area contributed by atoms with E-state index in [2.05, 4.69) is 0 Å². The lowest BCUT2D eigenvalue weighted by molar-refractivity contribution is -0.149. The summed E-state index contributed by atoms with van der Waals surface area (Å²) in [5, 5.41) is 0.241. The van der Waals surface area contributed by atoms with Crippen LogP contribution >= 0.6 is 11.6 Å². The fraction of sp³-hybridized carbons (Fsp3) is 0.333. The molecule has 0 aliphatic carbocycles. The van der Waals surface area contributed by atoms with Crippen molar-refractivity contribution in [2.75, 3.05) is 13.7 Å². The quantitative estimate of drug-likeness (QED) is 0.603. The van der Waals surface area contributed by atoms with E-state index in [0.29, 0.717) is 4.31 Å². The van der Waals surface area contributed by atoms with Crippen LogP contribution in [-0.4, -0.2) is 38.3 Å². The lowest BCUT2D eigenvalue weighted by Gasteiger charge is -2.29. The molecule has 8 heteroatoms. The molecule has 20 heavy (non-hydrogen) atoms. The number of halogens is 1. The molecule has 1 heterocycles. The van der Waals surface area contributed by atoms with Crippen LogP contribution in [0, 0.1) is 0 Å². The van der Waals surface area contributed by atoms with Crippen LogP contribution in [0.15, 0.2) is 23.1 Å². The smallest absolute Gasteiger partial charge is 0.323 e. The number of ether oxygens (including phenoxy) is 1. The van der Waals surface area contributed by atoms with Gasteiger partial charge in [0.25, 0.3) is 15.9 Å². The molecule has 1 amide bonds. The van der Waals surface area contributed by atoms with Crippen LogP contribution in [0.25, 0.3) is 0 Å². The van der Waals surface area contributed by atoms with Gasteiger partial charge in [-0.1, -0.05) is 11.6 Å². The second-order valence-corrected chi connectivity index (χ2v) is 6.55. The first-order chi connectivity index (χ1) is 9.30. The van der Waals surface area contributed by atoms with Gasteiger partial charge < -0.3 is 4.74 Å². The van der Waals surface area contributed by atoms with Crippen LogP contribution in [0.2, 0.25) is 5.02 Å². The number of benzene rings is 1. The Balaban J connectivity index is 2.69. The Labute approximate surface area is 121 Å². The Morgan fingerprint density at radius 1 is 1.45 bits per heavy atom. The fourth-order valence-corrected chi connectivity index (χ4v) is 3.55. The topological polar surface area (TPSA) is 80.8 Å². The van der Waals surface area contributed by atoms with E-state index in [0.717, 1.165) is 7.05 Å². The highest BCUT2D eigenvalue weighted by atomic mass is 35.5. The largest absolute Gasteiger partial charge is 0.465 e. The van der Waals surface area contributed by atoms with E-state index in [1.807, 2.05) is 0 Å². The molecule has 1 unspecified atom stereocenters. The minimum Gasteiger partial charge on any atom is -0.465 e. The molecule has 1 aromatic carbocycles. The summed E-state index contributed by atoms with van der Waals surface area (Å²) in [6, 6.07) is 3.98. The van der Waals surface area contributed by atoms with Gasteiger partial charge >= 0.3 is 5.97 Å².